The third-order valence-corrected chi connectivity index (χ3v) is 2.98. The van der Waals surface area contributed by atoms with Crippen LogP contribution in [0.4, 0.5) is 0 Å². The molecule has 2 aromatic rings. The Labute approximate surface area is 118 Å². The summed E-state index contributed by atoms with van der Waals surface area (Å²) in [4.78, 5) is 0. The minimum absolute atomic E-state index is 0.593. The molecule has 2 nitrogen and oxygen atoms in total. The molecule has 0 N–H and O–H groups in total. The Bertz CT molecular complexity index is 508. The SMILES string of the molecule is Cc1ccc(OCCCOc2ccccc2Cl)cc1. The molecule has 0 aliphatic rings. The molecular formula is C16H17ClO2. The highest BCUT2D eigenvalue weighted by atomic mass is 35.5. The highest BCUT2D eigenvalue weighted by molar-refractivity contribution is 6.32. The van der Waals surface area contributed by atoms with Gasteiger partial charge in [0.15, 0.2) is 0 Å². The molecule has 0 fully saturated rings. The molecule has 0 saturated heterocycles. The normalized spacial score (nSPS) is 10.2. The van der Waals surface area contributed by atoms with Gasteiger partial charge in [0.25, 0.3) is 0 Å². The van der Waals surface area contributed by atoms with E-state index < -0.39 is 0 Å². The van der Waals surface area contributed by atoms with E-state index in [0.29, 0.717) is 18.2 Å². The molecule has 0 saturated carbocycles. The van der Waals surface area contributed by atoms with E-state index in [1.807, 2.05) is 48.5 Å². The van der Waals surface area contributed by atoms with Gasteiger partial charge in [0.05, 0.1) is 18.2 Å². The Balaban J connectivity index is 1.67. The Morgan fingerprint density at radius 1 is 0.895 bits per heavy atom. The highest BCUT2D eigenvalue weighted by Crippen LogP contribution is 2.23. The summed E-state index contributed by atoms with van der Waals surface area (Å²) in [6.45, 7) is 3.28. The number of para-hydroxylation sites is 1. The average molecular weight is 277 g/mol. The number of halogens is 1. The van der Waals surface area contributed by atoms with Crippen LogP contribution in [0, 0.1) is 6.92 Å². The molecule has 0 bridgehead atoms. The van der Waals surface area contributed by atoms with Crippen molar-refractivity contribution in [3.05, 3.63) is 59.1 Å². The zero-order chi connectivity index (χ0) is 13.5. The number of benzene rings is 2. The first-order valence-electron chi connectivity index (χ1n) is 6.32. The van der Waals surface area contributed by atoms with E-state index in [4.69, 9.17) is 21.1 Å². The van der Waals surface area contributed by atoms with Gasteiger partial charge in [-0.1, -0.05) is 41.4 Å². The van der Waals surface area contributed by atoms with Gasteiger partial charge in [0.2, 0.25) is 0 Å². The predicted octanol–water partition coefficient (Wildman–Crippen LogP) is 4.50. The van der Waals surface area contributed by atoms with Crippen molar-refractivity contribution < 1.29 is 9.47 Å². The highest BCUT2D eigenvalue weighted by Gasteiger charge is 1.99. The van der Waals surface area contributed by atoms with Crippen LogP contribution in [0.15, 0.2) is 48.5 Å². The molecular weight excluding hydrogens is 260 g/mol. The Morgan fingerprint density at radius 2 is 1.58 bits per heavy atom. The van der Waals surface area contributed by atoms with Gasteiger partial charge in [-0.3, -0.25) is 0 Å². The van der Waals surface area contributed by atoms with Gasteiger partial charge in [0, 0.05) is 6.42 Å². The number of hydrogen-bond donors (Lipinski definition) is 0. The van der Waals surface area contributed by atoms with E-state index in [-0.39, 0.29) is 0 Å². The van der Waals surface area contributed by atoms with Gasteiger partial charge < -0.3 is 9.47 Å². The molecule has 0 heterocycles. The summed E-state index contributed by atoms with van der Waals surface area (Å²) in [5, 5.41) is 0.641. The van der Waals surface area contributed by atoms with Gasteiger partial charge in [-0.05, 0) is 31.2 Å². The van der Waals surface area contributed by atoms with Crippen LogP contribution >= 0.6 is 11.6 Å². The summed E-state index contributed by atoms with van der Waals surface area (Å²) in [7, 11) is 0. The minimum atomic E-state index is 0.593. The van der Waals surface area contributed by atoms with E-state index in [9.17, 15) is 0 Å². The fourth-order valence-corrected chi connectivity index (χ4v) is 1.82. The molecule has 0 spiro atoms. The number of ether oxygens (including phenoxy) is 2. The quantitative estimate of drug-likeness (QED) is 0.724. The lowest BCUT2D eigenvalue weighted by atomic mass is 10.2. The molecule has 3 heteroatoms. The van der Waals surface area contributed by atoms with Crippen molar-refractivity contribution >= 4 is 11.6 Å². The van der Waals surface area contributed by atoms with Crippen molar-refractivity contribution in [1.29, 1.82) is 0 Å². The van der Waals surface area contributed by atoms with Crippen molar-refractivity contribution in [3.63, 3.8) is 0 Å². The average Bonchev–Trinajstić information content (AvgIpc) is 2.42. The lowest BCUT2D eigenvalue weighted by molar-refractivity contribution is 0.247. The van der Waals surface area contributed by atoms with Crippen LogP contribution in [0.2, 0.25) is 5.02 Å². The number of hydrogen-bond acceptors (Lipinski definition) is 2. The van der Waals surface area contributed by atoms with Crippen LogP contribution in [0.1, 0.15) is 12.0 Å². The molecule has 2 aromatic carbocycles. The molecule has 0 aliphatic carbocycles. The van der Waals surface area contributed by atoms with Gasteiger partial charge in [-0.25, -0.2) is 0 Å². The van der Waals surface area contributed by atoms with Crippen molar-refractivity contribution in [1.82, 2.24) is 0 Å². The third kappa shape index (κ3) is 4.49. The number of aryl methyl sites for hydroxylation is 1. The molecule has 0 aromatic heterocycles. The monoisotopic (exact) mass is 276 g/mol. The maximum Gasteiger partial charge on any atom is 0.137 e. The van der Waals surface area contributed by atoms with Crippen LogP contribution in [-0.4, -0.2) is 13.2 Å². The fraction of sp³-hybridized carbons (Fsp3) is 0.250. The van der Waals surface area contributed by atoms with Crippen LogP contribution in [0.5, 0.6) is 11.5 Å². The lowest BCUT2D eigenvalue weighted by Gasteiger charge is -2.09. The predicted molar refractivity (Wildman–Crippen MR) is 78.2 cm³/mol. The molecule has 0 unspecified atom stereocenters. The molecule has 0 amide bonds. The zero-order valence-electron chi connectivity index (χ0n) is 10.9. The van der Waals surface area contributed by atoms with E-state index in [1.54, 1.807) is 0 Å². The molecule has 100 valence electrons. The summed E-state index contributed by atoms with van der Waals surface area (Å²) in [6.07, 6.45) is 0.819. The van der Waals surface area contributed by atoms with Gasteiger partial charge in [-0.2, -0.15) is 0 Å². The Morgan fingerprint density at radius 3 is 2.32 bits per heavy atom. The third-order valence-electron chi connectivity index (χ3n) is 2.67. The van der Waals surface area contributed by atoms with Crippen LogP contribution in [-0.2, 0) is 0 Å². The summed E-state index contributed by atoms with van der Waals surface area (Å²) in [5.41, 5.74) is 1.23. The largest absolute Gasteiger partial charge is 0.493 e. The standard InChI is InChI=1S/C16H17ClO2/c1-13-7-9-14(10-8-13)18-11-4-12-19-16-6-3-2-5-15(16)17/h2-3,5-10H,4,11-12H2,1H3. The summed E-state index contributed by atoms with van der Waals surface area (Å²) in [5.74, 6) is 1.61. The zero-order valence-corrected chi connectivity index (χ0v) is 11.7. The van der Waals surface area contributed by atoms with Crippen LogP contribution in [0.25, 0.3) is 0 Å². The second kappa shape index (κ2) is 7.05. The second-order valence-corrected chi connectivity index (χ2v) is 4.70. The summed E-state index contributed by atoms with van der Waals surface area (Å²) >= 11 is 5.99. The summed E-state index contributed by atoms with van der Waals surface area (Å²) < 4.78 is 11.2. The Kier molecular flexibility index (Phi) is 5.10. The lowest BCUT2D eigenvalue weighted by Crippen LogP contribution is -2.05. The first kappa shape index (κ1) is 13.8. The van der Waals surface area contributed by atoms with E-state index in [0.717, 1.165) is 17.9 Å². The second-order valence-electron chi connectivity index (χ2n) is 4.29. The van der Waals surface area contributed by atoms with Gasteiger partial charge in [-0.15, -0.1) is 0 Å². The first-order chi connectivity index (χ1) is 9.25. The van der Waals surface area contributed by atoms with E-state index in [1.165, 1.54) is 5.56 Å². The molecule has 2 rings (SSSR count). The topological polar surface area (TPSA) is 18.5 Å². The van der Waals surface area contributed by atoms with Crippen LogP contribution < -0.4 is 9.47 Å². The maximum atomic E-state index is 5.99. The maximum absolute atomic E-state index is 5.99. The molecule has 0 aliphatic heterocycles. The van der Waals surface area contributed by atoms with Crippen molar-refractivity contribution in [2.75, 3.05) is 13.2 Å². The Hall–Kier alpha value is -1.67. The number of rotatable bonds is 6. The smallest absolute Gasteiger partial charge is 0.137 e. The fourth-order valence-electron chi connectivity index (χ4n) is 1.63. The molecule has 0 radical (unpaired) electrons. The summed E-state index contributed by atoms with van der Waals surface area (Å²) in [6, 6.07) is 15.5. The molecule has 0 atom stereocenters. The minimum Gasteiger partial charge on any atom is -0.493 e. The van der Waals surface area contributed by atoms with E-state index >= 15 is 0 Å². The van der Waals surface area contributed by atoms with E-state index in [2.05, 4.69) is 6.92 Å². The van der Waals surface area contributed by atoms with Crippen molar-refractivity contribution in [3.8, 4) is 11.5 Å². The van der Waals surface area contributed by atoms with Gasteiger partial charge >= 0.3 is 0 Å². The molecule has 19 heavy (non-hydrogen) atoms. The van der Waals surface area contributed by atoms with Crippen molar-refractivity contribution in [2.24, 2.45) is 0 Å². The van der Waals surface area contributed by atoms with Crippen molar-refractivity contribution in [2.45, 2.75) is 13.3 Å². The first-order valence-corrected chi connectivity index (χ1v) is 6.70. The van der Waals surface area contributed by atoms with Crippen LogP contribution in [0.3, 0.4) is 0 Å². The van der Waals surface area contributed by atoms with Gasteiger partial charge in [0.1, 0.15) is 11.5 Å².